The van der Waals surface area contributed by atoms with Gasteiger partial charge in [0.15, 0.2) is 0 Å². The number of sulfonamides is 1. The van der Waals surface area contributed by atoms with Crippen molar-refractivity contribution in [2.45, 2.75) is 25.7 Å². The molecule has 1 aromatic heterocycles. The molecule has 3 rings (SSSR count). The van der Waals surface area contributed by atoms with E-state index < -0.39 is 27.7 Å². The number of rotatable bonds is 6. The molecule has 0 aliphatic heterocycles. The van der Waals surface area contributed by atoms with E-state index in [4.69, 9.17) is 0 Å². The fourth-order valence-electron chi connectivity index (χ4n) is 3.22. The third-order valence-corrected chi connectivity index (χ3v) is 8.14. The smallest absolute Gasteiger partial charge is 0.267 e. The molecule has 3 aromatic rings. The molecule has 2 amide bonds. The monoisotopic (exact) mass is 463 g/mol. The first-order valence-electron chi connectivity index (χ1n) is 9.59. The fourth-order valence-corrected chi connectivity index (χ4v) is 5.85. The van der Waals surface area contributed by atoms with Gasteiger partial charge in [0.1, 0.15) is 5.82 Å². The summed E-state index contributed by atoms with van der Waals surface area (Å²) < 4.78 is 41.3. The Balaban J connectivity index is 1.77. The van der Waals surface area contributed by atoms with Gasteiger partial charge in [-0.15, -0.1) is 11.3 Å². The van der Waals surface area contributed by atoms with E-state index in [2.05, 4.69) is 10.9 Å². The summed E-state index contributed by atoms with van der Waals surface area (Å²) in [6.45, 7) is 5.71. The standard InChI is InChI=1S/C21H22FN3O4S2/c1-4-25(5-2)31(28,29)15-9-6-8-14(12-15)20(26)23-24-21(27)19-13(3)18-16(22)10-7-11-17(18)30-19/h6-12H,4-5H2,1-3H3,(H,23,26)(H,24,27). The molecule has 2 aromatic carbocycles. The predicted molar refractivity (Wildman–Crippen MR) is 118 cm³/mol. The second-order valence-corrected chi connectivity index (χ2v) is 9.68. The minimum absolute atomic E-state index is 0.00833. The van der Waals surface area contributed by atoms with E-state index in [-0.39, 0.29) is 15.3 Å². The average molecular weight is 464 g/mol. The van der Waals surface area contributed by atoms with Gasteiger partial charge in [-0.2, -0.15) is 4.31 Å². The number of nitrogens with one attached hydrogen (secondary N) is 2. The Morgan fingerprint density at radius 2 is 1.68 bits per heavy atom. The lowest BCUT2D eigenvalue weighted by Gasteiger charge is -2.18. The zero-order chi connectivity index (χ0) is 22.8. The van der Waals surface area contributed by atoms with Gasteiger partial charge in [0.25, 0.3) is 11.8 Å². The molecule has 31 heavy (non-hydrogen) atoms. The summed E-state index contributed by atoms with van der Waals surface area (Å²) in [5.74, 6) is -1.67. The maximum Gasteiger partial charge on any atom is 0.280 e. The molecule has 1 heterocycles. The number of aryl methyl sites for hydroxylation is 1. The summed E-state index contributed by atoms with van der Waals surface area (Å²) in [6, 6.07) is 10.2. The summed E-state index contributed by atoms with van der Waals surface area (Å²) >= 11 is 1.12. The second kappa shape index (κ2) is 9.13. The molecule has 0 bridgehead atoms. The molecule has 7 nitrogen and oxygen atoms in total. The quantitative estimate of drug-likeness (QED) is 0.548. The van der Waals surface area contributed by atoms with Gasteiger partial charge in [-0.3, -0.25) is 20.4 Å². The number of halogens is 1. The highest BCUT2D eigenvalue weighted by molar-refractivity contribution is 7.89. The van der Waals surface area contributed by atoms with E-state index >= 15 is 0 Å². The molecule has 0 aliphatic carbocycles. The summed E-state index contributed by atoms with van der Waals surface area (Å²) in [5.41, 5.74) is 5.16. The Morgan fingerprint density at radius 1 is 1.03 bits per heavy atom. The van der Waals surface area contributed by atoms with Gasteiger partial charge in [-0.1, -0.05) is 26.0 Å². The van der Waals surface area contributed by atoms with Crippen LogP contribution in [0.5, 0.6) is 0 Å². The van der Waals surface area contributed by atoms with Crippen LogP contribution in [0.4, 0.5) is 4.39 Å². The number of benzene rings is 2. The van der Waals surface area contributed by atoms with Crippen molar-refractivity contribution in [2.24, 2.45) is 0 Å². The molecule has 0 fully saturated rings. The molecular weight excluding hydrogens is 441 g/mol. The van der Waals surface area contributed by atoms with Crippen molar-refractivity contribution in [1.29, 1.82) is 0 Å². The summed E-state index contributed by atoms with van der Waals surface area (Å²) in [5, 5.41) is 0.373. The Hall–Kier alpha value is -2.82. The highest BCUT2D eigenvalue weighted by atomic mass is 32.2. The van der Waals surface area contributed by atoms with Gasteiger partial charge >= 0.3 is 0 Å². The van der Waals surface area contributed by atoms with Crippen LogP contribution in [0.2, 0.25) is 0 Å². The molecule has 0 atom stereocenters. The van der Waals surface area contributed by atoms with Crippen LogP contribution in [-0.2, 0) is 10.0 Å². The van der Waals surface area contributed by atoms with E-state index in [1.807, 2.05) is 0 Å². The number of fused-ring (bicyclic) bond motifs is 1. The van der Waals surface area contributed by atoms with Gasteiger partial charge in [0.2, 0.25) is 10.0 Å². The highest BCUT2D eigenvalue weighted by Crippen LogP contribution is 2.32. The third kappa shape index (κ3) is 4.46. The lowest BCUT2D eigenvalue weighted by atomic mass is 10.1. The van der Waals surface area contributed by atoms with E-state index in [9.17, 15) is 22.4 Å². The summed E-state index contributed by atoms with van der Waals surface area (Å²) in [4.78, 5) is 25.3. The van der Waals surface area contributed by atoms with Crippen molar-refractivity contribution in [3.8, 4) is 0 Å². The molecule has 2 N–H and O–H groups in total. The van der Waals surface area contributed by atoms with Crippen molar-refractivity contribution in [1.82, 2.24) is 15.2 Å². The zero-order valence-electron chi connectivity index (χ0n) is 17.2. The number of hydrogen-bond donors (Lipinski definition) is 2. The normalized spacial score (nSPS) is 11.6. The molecule has 164 valence electrons. The molecule has 0 unspecified atom stereocenters. The predicted octanol–water partition coefficient (Wildman–Crippen LogP) is 3.45. The van der Waals surface area contributed by atoms with E-state index in [0.29, 0.717) is 28.7 Å². The van der Waals surface area contributed by atoms with E-state index in [1.165, 1.54) is 34.6 Å². The third-order valence-electron chi connectivity index (χ3n) is 4.84. The first kappa shape index (κ1) is 22.9. The summed E-state index contributed by atoms with van der Waals surface area (Å²) in [6.07, 6.45) is 0. The SMILES string of the molecule is CCN(CC)S(=O)(=O)c1cccc(C(=O)NNC(=O)c2sc3cccc(F)c3c2C)c1. The Morgan fingerprint density at radius 3 is 2.32 bits per heavy atom. The maximum absolute atomic E-state index is 14.1. The van der Waals surface area contributed by atoms with Gasteiger partial charge in [-0.25, -0.2) is 12.8 Å². The zero-order valence-corrected chi connectivity index (χ0v) is 18.9. The lowest BCUT2D eigenvalue weighted by Crippen LogP contribution is -2.41. The average Bonchev–Trinajstić information content (AvgIpc) is 3.10. The molecule has 0 saturated heterocycles. The Bertz CT molecular complexity index is 1250. The van der Waals surface area contributed by atoms with Crippen LogP contribution in [0.15, 0.2) is 47.4 Å². The van der Waals surface area contributed by atoms with Crippen LogP contribution in [0.1, 0.15) is 39.4 Å². The maximum atomic E-state index is 14.1. The van der Waals surface area contributed by atoms with Crippen LogP contribution < -0.4 is 10.9 Å². The minimum atomic E-state index is -3.72. The number of hydrogen-bond acceptors (Lipinski definition) is 5. The number of carbonyl (C=O) groups is 2. The van der Waals surface area contributed by atoms with Crippen molar-refractivity contribution in [3.05, 3.63) is 64.3 Å². The van der Waals surface area contributed by atoms with Gasteiger partial charge < -0.3 is 0 Å². The van der Waals surface area contributed by atoms with Crippen LogP contribution >= 0.6 is 11.3 Å². The van der Waals surface area contributed by atoms with Crippen LogP contribution in [-0.4, -0.2) is 37.6 Å². The largest absolute Gasteiger partial charge is 0.280 e. The second-order valence-electron chi connectivity index (χ2n) is 6.69. The van der Waals surface area contributed by atoms with Crippen molar-refractivity contribution in [3.63, 3.8) is 0 Å². The number of hydrazine groups is 1. The lowest BCUT2D eigenvalue weighted by molar-refractivity contribution is 0.0848. The highest BCUT2D eigenvalue weighted by Gasteiger charge is 2.23. The first-order valence-corrected chi connectivity index (χ1v) is 11.8. The number of thiophene rings is 1. The molecule has 0 aliphatic rings. The first-order chi connectivity index (χ1) is 14.7. The molecule has 0 saturated carbocycles. The number of amides is 2. The molecule has 0 radical (unpaired) electrons. The molecule has 10 heteroatoms. The minimum Gasteiger partial charge on any atom is -0.267 e. The van der Waals surface area contributed by atoms with Crippen LogP contribution in [0.25, 0.3) is 10.1 Å². The van der Waals surface area contributed by atoms with E-state index in [0.717, 1.165) is 11.3 Å². The van der Waals surface area contributed by atoms with Crippen molar-refractivity contribution in [2.75, 3.05) is 13.1 Å². The van der Waals surface area contributed by atoms with Crippen molar-refractivity contribution >= 4 is 43.3 Å². The van der Waals surface area contributed by atoms with Crippen molar-refractivity contribution < 1.29 is 22.4 Å². The van der Waals surface area contributed by atoms with Crippen LogP contribution in [0.3, 0.4) is 0 Å². The topological polar surface area (TPSA) is 95.6 Å². The summed E-state index contributed by atoms with van der Waals surface area (Å²) in [7, 11) is -3.72. The molecule has 0 spiro atoms. The van der Waals surface area contributed by atoms with Gasteiger partial charge in [-0.05, 0) is 42.8 Å². The number of carbonyl (C=O) groups excluding carboxylic acids is 2. The Kier molecular flexibility index (Phi) is 6.73. The van der Waals surface area contributed by atoms with E-state index in [1.54, 1.807) is 32.9 Å². The van der Waals surface area contributed by atoms with Gasteiger partial charge in [0.05, 0.1) is 9.77 Å². The fraction of sp³-hybridized carbons (Fsp3) is 0.238. The Labute approximate surface area is 183 Å². The van der Waals surface area contributed by atoms with Crippen LogP contribution in [0, 0.1) is 12.7 Å². The molecular formula is C21H22FN3O4S2. The van der Waals surface area contributed by atoms with Gasteiger partial charge in [0, 0.05) is 28.7 Å². The number of nitrogens with zero attached hydrogens (tertiary/aromatic N) is 1.